The lowest BCUT2D eigenvalue weighted by atomic mass is 10.6. The standard InChI is InChI=1S/C5H7ClN2O/c1-8-2-4(6)7-5(8)3-9/h2,9H,3H2,1H3. The average Bonchev–Trinajstić information content (AvgIpc) is 2.10. The SMILES string of the molecule is Cn1cc(Cl)nc1CO. The Morgan fingerprint density at radius 2 is 2.56 bits per heavy atom. The van der Waals surface area contributed by atoms with Crippen LogP contribution in [0.4, 0.5) is 0 Å². The maximum atomic E-state index is 8.59. The van der Waals surface area contributed by atoms with Gasteiger partial charge < -0.3 is 9.67 Å². The third-order valence-corrected chi connectivity index (χ3v) is 1.27. The van der Waals surface area contributed by atoms with Crippen LogP contribution < -0.4 is 0 Å². The highest BCUT2D eigenvalue weighted by atomic mass is 35.5. The van der Waals surface area contributed by atoms with Gasteiger partial charge in [0.2, 0.25) is 0 Å². The monoisotopic (exact) mass is 146 g/mol. The predicted molar refractivity (Wildman–Crippen MR) is 34.1 cm³/mol. The van der Waals surface area contributed by atoms with Crippen molar-refractivity contribution in [1.82, 2.24) is 9.55 Å². The summed E-state index contributed by atoms with van der Waals surface area (Å²) in [7, 11) is 1.78. The lowest BCUT2D eigenvalue weighted by molar-refractivity contribution is 0.267. The third kappa shape index (κ3) is 1.23. The topological polar surface area (TPSA) is 38.0 Å². The van der Waals surface area contributed by atoms with Crippen LogP contribution in [-0.2, 0) is 13.7 Å². The molecule has 0 aliphatic rings. The van der Waals surface area contributed by atoms with Crippen LogP contribution in [0, 0.1) is 0 Å². The van der Waals surface area contributed by atoms with Crippen molar-refractivity contribution in [3.8, 4) is 0 Å². The van der Waals surface area contributed by atoms with Crippen LogP contribution >= 0.6 is 11.6 Å². The van der Waals surface area contributed by atoms with Crippen LogP contribution in [0.5, 0.6) is 0 Å². The van der Waals surface area contributed by atoms with E-state index in [0.29, 0.717) is 11.0 Å². The second-order valence-corrected chi connectivity index (χ2v) is 2.14. The van der Waals surface area contributed by atoms with Crippen molar-refractivity contribution >= 4 is 11.6 Å². The summed E-state index contributed by atoms with van der Waals surface area (Å²) in [5, 5.41) is 9.01. The first kappa shape index (κ1) is 6.58. The molecule has 0 unspecified atom stereocenters. The molecule has 0 fully saturated rings. The van der Waals surface area contributed by atoms with Gasteiger partial charge in [0.15, 0.2) is 0 Å². The molecule has 0 aromatic carbocycles. The van der Waals surface area contributed by atoms with Gasteiger partial charge in [-0.1, -0.05) is 11.6 Å². The van der Waals surface area contributed by atoms with Gasteiger partial charge in [-0.2, -0.15) is 0 Å². The number of hydrogen-bond donors (Lipinski definition) is 1. The van der Waals surface area contributed by atoms with E-state index < -0.39 is 0 Å². The van der Waals surface area contributed by atoms with Crippen molar-refractivity contribution in [2.45, 2.75) is 6.61 Å². The Bertz CT molecular complexity index is 209. The fourth-order valence-corrected chi connectivity index (χ4v) is 0.856. The number of aromatic nitrogens is 2. The summed E-state index contributed by atoms with van der Waals surface area (Å²) in [5.41, 5.74) is 0. The van der Waals surface area contributed by atoms with Gasteiger partial charge in [-0.3, -0.25) is 0 Å². The Labute approximate surface area is 57.9 Å². The van der Waals surface area contributed by atoms with Gasteiger partial charge in [0.25, 0.3) is 0 Å². The minimum atomic E-state index is -0.0662. The molecule has 3 nitrogen and oxygen atoms in total. The van der Waals surface area contributed by atoms with Crippen LogP contribution in [0.1, 0.15) is 5.82 Å². The van der Waals surface area contributed by atoms with Gasteiger partial charge in [-0.25, -0.2) is 4.98 Å². The van der Waals surface area contributed by atoms with E-state index in [1.165, 1.54) is 0 Å². The second-order valence-electron chi connectivity index (χ2n) is 1.75. The first-order valence-electron chi connectivity index (χ1n) is 2.52. The van der Waals surface area contributed by atoms with Crippen LogP contribution in [0.25, 0.3) is 0 Å². The van der Waals surface area contributed by atoms with Crippen LogP contribution in [-0.4, -0.2) is 14.7 Å². The predicted octanol–water partition coefficient (Wildman–Crippen LogP) is 0.566. The minimum Gasteiger partial charge on any atom is -0.388 e. The zero-order chi connectivity index (χ0) is 6.85. The molecule has 50 valence electrons. The van der Waals surface area contributed by atoms with Crippen molar-refractivity contribution in [2.75, 3.05) is 0 Å². The van der Waals surface area contributed by atoms with E-state index in [-0.39, 0.29) is 6.61 Å². The smallest absolute Gasteiger partial charge is 0.147 e. The molecule has 4 heteroatoms. The van der Waals surface area contributed by atoms with Crippen LogP contribution in [0.15, 0.2) is 6.20 Å². The molecule has 0 bridgehead atoms. The summed E-state index contributed by atoms with van der Waals surface area (Å²) >= 11 is 5.50. The van der Waals surface area contributed by atoms with Crippen molar-refractivity contribution in [2.24, 2.45) is 7.05 Å². The van der Waals surface area contributed by atoms with E-state index in [1.807, 2.05) is 0 Å². The van der Waals surface area contributed by atoms with Crippen molar-refractivity contribution in [1.29, 1.82) is 0 Å². The molecular weight excluding hydrogens is 140 g/mol. The number of nitrogens with zero attached hydrogens (tertiary/aromatic N) is 2. The molecule has 0 amide bonds. The van der Waals surface area contributed by atoms with Crippen LogP contribution in [0.3, 0.4) is 0 Å². The van der Waals surface area contributed by atoms with Crippen molar-refractivity contribution in [3.63, 3.8) is 0 Å². The van der Waals surface area contributed by atoms with Gasteiger partial charge in [0.1, 0.15) is 17.6 Å². The maximum Gasteiger partial charge on any atom is 0.147 e. The van der Waals surface area contributed by atoms with Gasteiger partial charge in [0, 0.05) is 13.2 Å². The summed E-state index contributed by atoms with van der Waals surface area (Å²) in [5.74, 6) is 0.583. The number of halogens is 1. The first-order chi connectivity index (χ1) is 4.24. The number of aliphatic hydroxyl groups is 1. The Balaban J connectivity index is 3.01. The molecule has 1 N–H and O–H groups in total. The molecule has 1 aromatic heterocycles. The maximum absolute atomic E-state index is 8.59. The fraction of sp³-hybridized carbons (Fsp3) is 0.400. The average molecular weight is 147 g/mol. The van der Waals surface area contributed by atoms with Gasteiger partial charge in [-0.05, 0) is 0 Å². The number of aliphatic hydroxyl groups excluding tert-OH is 1. The molecule has 0 spiro atoms. The largest absolute Gasteiger partial charge is 0.388 e. The summed E-state index contributed by atoms with van der Waals surface area (Å²) in [4.78, 5) is 3.81. The molecule has 0 saturated heterocycles. The summed E-state index contributed by atoms with van der Waals surface area (Å²) in [6.07, 6.45) is 1.65. The molecular formula is C5H7ClN2O. The van der Waals surface area contributed by atoms with Gasteiger partial charge in [0.05, 0.1) is 0 Å². The molecule has 0 aliphatic carbocycles. The molecule has 0 saturated carbocycles. The minimum absolute atomic E-state index is 0.0662. The van der Waals surface area contributed by atoms with E-state index >= 15 is 0 Å². The van der Waals surface area contributed by atoms with E-state index in [1.54, 1.807) is 17.8 Å². The lowest BCUT2D eigenvalue weighted by Gasteiger charge is -1.91. The van der Waals surface area contributed by atoms with Crippen molar-refractivity contribution < 1.29 is 5.11 Å². The zero-order valence-corrected chi connectivity index (χ0v) is 5.76. The summed E-state index contributed by atoms with van der Waals surface area (Å²) < 4.78 is 1.68. The molecule has 1 rings (SSSR count). The Kier molecular flexibility index (Phi) is 1.73. The van der Waals surface area contributed by atoms with Crippen LogP contribution in [0.2, 0.25) is 5.15 Å². The number of imidazole rings is 1. The van der Waals surface area contributed by atoms with E-state index in [2.05, 4.69) is 4.98 Å². The Morgan fingerprint density at radius 1 is 1.89 bits per heavy atom. The second kappa shape index (κ2) is 2.37. The number of rotatable bonds is 1. The molecule has 1 heterocycles. The zero-order valence-electron chi connectivity index (χ0n) is 5.00. The Hall–Kier alpha value is -0.540. The normalized spacial score (nSPS) is 10.1. The molecule has 9 heavy (non-hydrogen) atoms. The van der Waals surface area contributed by atoms with Gasteiger partial charge in [-0.15, -0.1) is 0 Å². The van der Waals surface area contributed by atoms with Crippen molar-refractivity contribution in [3.05, 3.63) is 17.2 Å². The quantitative estimate of drug-likeness (QED) is 0.629. The van der Waals surface area contributed by atoms with Gasteiger partial charge >= 0.3 is 0 Å². The highest BCUT2D eigenvalue weighted by Gasteiger charge is 1.98. The fourth-order valence-electron chi connectivity index (χ4n) is 0.612. The molecule has 0 aliphatic heterocycles. The Morgan fingerprint density at radius 3 is 2.78 bits per heavy atom. The molecule has 1 aromatic rings. The number of aryl methyl sites for hydroxylation is 1. The third-order valence-electron chi connectivity index (χ3n) is 1.08. The molecule has 0 atom stereocenters. The van der Waals surface area contributed by atoms with E-state index in [4.69, 9.17) is 16.7 Å². The van der Waals surface area contributed by atoms with E-state index in [0.717, 1.165) is 0 Å². The highest BCUT2D eigenvalue weighted by Crippen LogP contribution is 2.05. The van der Waals surface area contributed by atoms with E-state index in [9.17, 15) is 0 Å². The molecule has 0 radical (unpaired) electrons. The highest BCUT2D eigenvalue weighted by molar-refractivity contribution is 6.29. The number of hydrogen-bond acceptors (Lipinski definition) is 2. The lowest BCUT2D eigenvalue weighted by Crippen LogP contribution is -1.94. The summed E-state index contributed by atoms with van der Waals surface area (Å²) in [6, 6.07) is 0. The first-order valence-corrected chi connectivity index (χ1v) is 2.90. The summed E-state index contributed by atoms with van der Waals surface area (Å²) in [6.45, 7) is -0.0662.